The van der Waals surface area contributed by atoms with Gasteiger partial charge in [0.25, 0.3) is 0 Å². The molecular weight excluding hydrogens is 246 g/mol. The number of benzene rings is 1. The van der Waals surface area contributed by atoms with Crippen LogP contribution in [0.5, 0.6) is 0 Å². The van der Waals surface area contributed by atoms with E-state index in [0.717, 1.165) is 16.7 Å². The summed E-state index contributed by atoms with van der Waals surface area (Å²) in [6.07, 6.45) is 2.84. The van der Waals surface area contributed by atoms with E-state index in [0.29, 0.717) is 19.5 Å². The number of ether oxygens (including phenoxy) is 1. The number of nitrogens with zero attached hydrogens (tertiary/aromatic N) is 1. The van der Waals surface area contributed by atoms with E-state index >= 15 is 0 Å². The molecule has 1 aliphatic rings. The number of fused-ring (bicyclic) bond motifs is 1. The zero-order valence-corrected chi connectivity index (χ0v) is 10.6. The van der Waals surface area contributed by atoms with Crippen LogP contribution in [0.15, 0.2) is 24.3 Å². The van der Waals surface area contributed by atoms with Gasteiger partial charge < -0.3 is 14.7 Å². The van der Waals surface area contributed by atoms with Gasteiger partial charge in [-0.25, -0.2) is 9.59 Å². The molecule has 1 aromatic rings. The molecule has 1 amide bonds. The average molecular weight is 261 g/mol. The molecule has 1 N–H and O–H groups in total. The van der Waals surface area contributed by atoms with E-state index in [4.69, 9.17) is 5.11 Å². The number of methoxy groups -OCH3 is 1. The lowest BCUT2D eigenvalue weighted by Crippen LogP contribution is -2.35. The molecule has 5 nitrogen and oxygen atoms in total. The second-order valence-corrected chi connectivity index (χ2v) is 4.30. The van der Waals surface area contributed by atoms with E-state index in [-0.39, 0.29) is 0 Å². The summed E-state index contributed by atoms with van der Waals surface area (Å²) in [5.41, 5.74) is 3.02. The second kappa shape index (κ2) is 5.56. The number of amides is 1. The zero-order chi connectivity index (χ0) is 13.8. The highest BCUT2D eigenvalue weighted by molar-refractivity contribution is 5.87. The molecule has 100 valence electrons. The minimum absolute atomic E-state index is 0.393. The summed E-state index contributed by atoms with van der Waals surface area (Å²) in [6.45, 7) is 0.871. The maximum atomic E-state index is 11.1. The van der Waals surface area contributed by atoms with Gasteiger partial charge in [-0.05, 0) is 29.2 Å². The van der Waals surface area contributed by atoms with Crippen molar-refractivity contribution in [3.63, 3.8) is 0 Å². The number of hydrogen-bond acceptors (Lipinski definition) is 3. The van der Waals surface area contributed by atoms with Crippen molar-refractivity contribution in [2.24, 2.45) is 0 Å². The van der Waals surface area contributed by atoms with Gasteiger partial charge in [-0.2, -0.15) is 0 Å². The minimum atomic E-state index is -0.902. The molecular formula is C14H15NO4. The van der Waals surface area contributed by atoms with Crippen LogP contribution in [0.1, 0.15) is 16.7 Å². The fourth-order valence-electron chi connectivity index (χ4n) is 2.18. The molecule has 0 atom stereocenters. The van der Waals surface area contributed by atoms with Gasteiger partial charge in [0.05, 0.1) is 7.11 Å². The van der Waals surface area contributed by atoms with Gasteiger partial charge in [-0.3, -0.25) is 0 Å². The van der Waals surface area contributed by atoms with Crippen LogP contribution in [0.4, 0.5) is 4.79 Å². The molecule has 0 aliphatic carbocycles. The molecule has 2 rings (SSSR count). The average Bonchev–Trinajstić information content (AvgIpc) is 2.43. The third-order valence-electron chi connectivity index (χ3n) is 3.17. The Labute approximate surface area is 111 Å². The number of hydrogen-bond donors (Lipinski definition) is 1. The predicted octanol–water partition coefficient (Wildman–Crippen LogP) is 1.91. The third-order valence-corrected chi connectivity index (χ3v) is 3.17. The SMILES string of the molecule is COC(=O)/C=C/c1cccc2c1CCN(C(=O)O)C2. The highest BCUT2D eigenvalue weighted by Crippen LogP contribution is 2.23. The van der Waals surface area contributed by atoms with Crippen LogP contribution in [0, 0.1) is 0 Å². The first-order valence-corrected chi connectivity index (χ1v) is 5.96. The molecule has 0 saturated heterocycles. The predicted molar refractivity (Wildman–Crippen MR) is 69.6 cm³/mol. The molecule has 0 fully saturated rings. The first-order chi connectivity index (χ1) is 9.11. The maximum absolute atomic E-state index is 11.1. The molecule has 0 saturated carbocycles. The zero-order valence-electron chi connectivity index (χ0n) is 10.6. The molecule has 5 heteroatoms. The lowest BCUT2D eigenvalue weighted by atomic mass is 9.94. The van der Waals surface area contributed by atoms with E-state index in [1.165, 1.54) is 18.1 Å². The number of carboxylic acid groups (broad SMARTS) is 1. The lowest BCUT2D eigenvalue weighted by molar-refractivity contribution is -0.134. The molecule has 0 unspecified atom stereocenters. The van der Waals surface area contributed by atoms with Crippen molar-refractivity contribution in [2.75, 3.05) is 13.7 Å². The molecule has 19 heavy (non-hydrogen) atoms. The Kier molecular flexibility index (Phi) is 3.85. The van der Waals surface area contributed by atoms with Crippen LogP contribution in [-0.4, -0.2) is 35.7 Å². The highest BCUT2D eigenvalue weighted by Gasteiger charge is 2.20. The molecule has 1 heterocycles. The van der Waals surface area contributed by atoms with E-state index in [2.05, 4.69) is 4.74 Å². The van der Waals surface area contributed by atoms with Crippen molar-refractivity contribution in [3.05, 3.63) is 41.0 Å². The maximum Gasteiger partial charge on any atom is 0.407 e. The van der Waals surface area contributed by atoms with Crippen molar-refractivity contribution in [3.8, 4) is 0 Å². The Morgan fingerprint density at radius 3 is 2.89 bits per heavy atom. The summed E-state index contributed by atoms with van der Waals surface area (Å²) in [6, 6.07) is 5.69. The van der Waals surface area contributed by atoms with Crippen LogP contribution in [0.25, 0.3) is 6.08 Å². The van der Waals surface area contributed by atoms with Crippen LogP contribution < -0.4 is 0 Å². The summed E-state index contributed by atoms with van der Waals surface area (Å²) in [7, 11) is 1.33. The highest BCUT2D eigenvalue weighted by atomic mass is 16.5. The third kappa shape index (κ3) is 2.93. The Morgan fingerprint density at radius 2 is 2.21 bits per heavy atom. The fourth-order valence-corrected chi connectivity index (χ4v) is 2.18. The van der Waals surface area contributed by atoms with Gasteiger partial charge >= 0.3 is 12.1 Å². The van der Waals surface area contributed by atoms with E-state index in [9.17, 15) is 9.59 Å². The number of carbonyl (C=O) groups excluding carboxylic acids is 1. The van der Waals surface area contributed by atoms with Gasteiger partial charge in [-0.1, -0.05) is 18.2 Å². The fraction of sp³-hybridized carbons (Fsp3) is 0.286. The summed E-state index contributed by atoms with van der Waals surface area (Å²) in [5, 5.41) is 8.99. The van der Waals surface area contributed by atoms with Crippen LogP contribution in [-0.2, 0) is 22.5 Å². The van der Waals surface area contributed by atoms with Crippen molar-refractivity contribution in [1.29, 1.82) is 0 Å². The van der Waals surface area contributed by atoms with Gasteiger partial charge in [0.1, 0.15) is 0 Å². The van der Waals surface area contributed by atoms with Crippen LogP contribution in [0.2, 0.25) is 0 Å². The van der Waals surface area contributed by atoms with Gasteiger partial charge in [0.2, 0.25) is 0 Å². The lowest BCUT2D eigenvalue weighted by Gasteiger charge is -2.27. The van der Waals surface area contributed by atoms with Crippen LogP contribution >= 0.6 is 0 Å². The van der Waals surface area contributed by atoms with Crippen molar-refractivity contribution in [2.45, 2.75) is 13.0 Å². The van der Waals surface area contributed by atoms with E-state index in [1.54, 1.807) is 6.08 Å². The summed E-state index contributed by atoms with van der Waals surface area (Å²) in [4.78, 5) is 23.4. The molecule has 1 aromatic carbocycles. The number of carbonyl (C=O) groups is 2. The van der Waals surface area contributed by atoms with Crippen molar-refractivity contribution in [1.82, 2.24) is 4.90 Å². The van der Waals surface area contributed by atoms with E-state index < -0.39 is 12.1 Å². The topological polar surface area (TPSA) is 66.8 Å². The summed E-state index contributed by atoms with van der Waals surface area (Å²) in [5.74, 6) is -0.402. The van der Waals surface area contributed by atoms with Crippen LogP contribution in [0.3, 0.4) is 0 Å². The normalized spacial score (nSPS) is 14.3. The number of rotatable bonds is 2. The minimum Gasteiger partial charge on any atom is -0.466 e. The molecule has 0 spiro atoms. The summed E-state index contributed by atoms with van der Waals surface area (Å²) >= 11 is 0. The quantitative estimate of drug-likeness (QED) is 0.652. The Hall–Kier alpha value is -2.30. The van der Waals surface area contributed by atoms with Crippen molar-refractivity contribution >= 4 is 18.1 Å². The first-order valence-electron chi connectivity index (χ1n) is 5.96. The van der Waals surface area contributed by atoms with E-state index in [1.807, 2.05) is 18.2 Å². The summed E-state index contributed by atoms with van der Waals surface area (Å²) < 4.78 is 4.55. The molecule has 0 radical (unpaired) electrons. The largest absolute Gasteiger partial charge is 0.466 e. The Balaban J connectivity index is 2.25. The van der Waals surface area contributed by atoms with Crippen molar-refractivity contribution < 1.29 is 19.4 Å². The number of esters is 1. The molecule has 0 bridgehead atoms. The monoisotopic (exact) mass is 261 g/mol. The second-order valence-electron chi connectivity index (χ2n) is 4.30. The van der Waals surface area contributed by atoms with Gasteiger partial charge in [-0.15, -0.1) is 0 Å². The Bertz CT molecular complexity index is 536. The smallest absolute Gasteiger partial charge is 0.407 e. The van der Waals surface area contributed by atoms with Gasteiger partial charge in [0, 0.05) is 19.2 Å². The standard InChI is InChI=1S/C14H15NO4/c1-19-13(16)6-5-10-3-2-4-11-9-15(14(17)18)8-7-12(10)11/h2-6H,7-9H2,1H3,(H,17,18)/b6-5+. The molecule has 1 aliphatic heterocycles. The molecule has 0 aromatic heterocycles. The first kappa shape index (κ1) is 13.1. The Morgan fingerprint density at radius 1 is 1.42 bits per heavy atom. The van der Waals surface area contributed by atoms with Gasteiger partial charge in [0.15, 0.2) is 0 Å².